The predicted octanol–water partition coefficient (Wildman–Crippen LogP) is 1.82. The van der Waals surface area contributed by atoms with Gasteiger partial charge in [-0.3, -0.25) is 14.9 Å². The highest BCUT2D eigenvalue weighted by molar-refractivity contribution is 5.77. The largest absolute Gasteiger partial charge is 0.375 e. The van der Waals surface area contributed by atoms with Crippen LogP contribution in [0, 0.1) is 12.8 Å². The lowest BCUT2D eigenvalue weighted by Crippen LogP contribution is -2.31. The van der Waals surface area contributed by atoms with Gasteiger partial charge in [-0.2, -0.15) is 5.10 Å². The van der Waals surface area contributed by atoms with E-state index < -0.39 is 0 Å². The number of aryl methyl sites for hydroxylation is 1. The minimum absolute atomic E-state index is 0.0729. The van der Waals surface area contributed by atoms with Gasteiger partial charge in [0.25, 0.3) is 0 Å². The Kier molecular flexibility index (Phi) is 4.71. The molecule has 122 valence electrons. The average Bonchev–Trinajstić information content (AvgIpc) is 3.17. The van der Waals surface area contributed by atoms with Gasteiger partial charge in [-0.1, -0.05) is 6.07 Å². The highest BCUT2D eigenvalue weighted by Crippen LogP contribution is 2.22. The first-order valence-corrected chi connectivity index (χ1v) is 7.90. The molecule has 0 radical (unpaired) electrons. The third-order valence-corrected chi connectivity index (χ3v) is 4.18. The van der Waals surface area contributed by atoms with Crippen molar-refractivity contribution in [3.05, 3.63) is 35.7 Å². The number of aromatic nitrogens is 3. The number of nitrogens with zero attached hydrogens (tertiary/aromatic N) is 3. The molecule has 23 heavy (non-hydrogen) atoms. The van der Waals surface area contributed by atoms with Gasteiger partial charge in [0.15, 0.2) is 0 Å². The Balaban J connectivity index is 1.64. The second kappa shape index (κ2) is 6.91. The number of carbonyl (C=O) groups excluding carboxylic acids is 1. The summed E-state index contributed by atoms with van der Waals surface area (Å²) < 4.78 is 4.92. The number of hydrogen-bond acceptors (Lipinski definition) is 4. The molecule has 0 spiro atoms. The third kappa shape index (κ3) is 3.76. The minimum Gasteiger partial charge on any atom is -0.375 e. The van der Waals surface area contributed by atoms with Crippen LogP contribution in [0.5, 0.6) is 0 Å². The molecule has 1 aliphatic heterocycles. The molecule has 1 aliphatic rings. The van der Waals surface area contributed by atoms with Crippen molar-refractivity contribution in [1.29, 1.82) is 0 Å². The van der Waals surface area contributed by atoms with Gasteiger partial charge < -0.3 is 9.64 Å². The van der Waals surface area contributed by atoms with Crippen molar-refractivity contribution < 1.29 is 9.53 Å². The number of H-pyrrole nitrogens is 1. The Labute approximate surface area is 135 Å². The first kappa shape index (κ1) is 15.7. The van der Waals surface area contributed by atoms with Gasteiger partial charge in [0.2, 0.25) is 5.91 Å². The van der Waals surface area contributed by atoms with Gasteiger partial charge in [-0.05, 0) is 43.9 Å². The summed E-state index contributed by atoms with van der Waals surface area (Å²) in [6.07, 6.45) is 1.90. The number of amides is 1. The molecule has 1 N–H and O–H groups in total. The Bertz CT molecular complexity index is 683. The van der Waals surface area contributed by atoms with Crippen molar-refractivity contribution in [1.82, 2.24) is 20.1 Å². The molecule has 1 saturated heterocycles. The number of aromatic amines is 1. The second-order valence-corrected chi connectivity index (χ2v) is 6.08. The van der Waals surface area contributed by atoms with E-state index >= 15 is 0 Å². The summed E-state index contributed by atoms with van der Waals surface area (Å²) in [4.78, 5) is 18.5. The van der Waals surface area contributed by atoms with Crippen molar-refractivity contribution in [3.8, 4) is 11.4 Å². The molecule has 3 rings (SSSR count). The minimum atomic E-state index is 0.0729. The summed E-state index contributed by atoms with van der Waals surface area (Å²) in [7, 11) is 1.55. The number of pyridine rings is 1. The van der Waals surface area contributed by atoms with Gasteiger partial charge in [-0.25, -0.2) is 0 Å². The normalized spacial score (nSPS) is 17.7. The number of carbonyl (C=O) groups is 1. The van der Waals surface area contributed by atoms with Crippen LogP contribution < -0.4 is 0 Å². The number of nitrogens with one attached hydrogen (secondary N) is 1. The van der Waals surface area contributed by atoms with E-state index in [1.54, 1.807) is 7.11 Å². The molecule has 2 aromatic rings. The molecule has 0 aromatic carbocycles. The standard InChI is InChI=1S/C17H22N4O2/c1-12-8-16(20-19-12)15-5-3-4-14(18-15)9-13-6-7-21(10-13)17(22)11-23-2/h3-5,8,13H,6-7,9-11H2,1-2H3,(H,19,20)/t13-/m0/s1. The van der Waals surface area contributed by atoms with Crippen molar-refractivity contribution in [3.63, 3.8) is 0 Å². The van der Waals surface area contributed by atoms with Crippen LogP contribution in [0.25, 0.3) is 11.4 Å². The van der Waals surface area contributed by atoms with Crippen LogP contribution in [0.4, 0.5) is 0 Å². The average molecular weight is 314 g/mol. The Hall–Kier alpha value is -2.21. The lowest BCUT2D eigenvalue weighted by molar-refractivity contribution is -0.134. The molecule has 0 bridgehead atoms. The summed E-state index contributed by atoms with van der Waals surface area (Å²) in [5.41, 5.74) is 3.83. The lowest BCUT2D eigenvalue weighted by Gasteiger charge is -2.16. The molecule has 6 heteroatoms. The Morgan fingerprint density at radius 1 is 1.43 bits per heavy atom. The van der Waals surface area contributed by atoms with Gasteiger partial charge in [0, 0.05) is 31.6 Å². The van der Waals surface area contributed by atoms with Crippen LogP contribution in [-0.4, -0.2) is 52.8 Å². The molecular formula is C17H22N4O2. The van der Waals surface area contributed by atoms with Crippen LogP contribution in [0.3, 0.4) is 0 Å². The number of hydrogen-bond donors (Lipinski definition) is 1. The highest BCUT2D eigenvalue weighted by atomic mass is 16.5. The van der Waals surface area contributed by atoms with E-state index in [2.05, 4.69) is 10.2 Å². The van der Waals surface area contributed by atoms with E-state index in [9.17, 15) is 4.79 Å². The highest BCUT2D eigenvalue weighted by Gasteiger charge is 2.26. The summed E-state index contributed by atoms with van der Waals surface area (Å²) in [6.45, 7) is 3.74. The number of methoxy groups -OCH3 is 1. The van der Waals surface area contributed by atoms with Crippen LogP contribution in [0.1, 0.15) is 17.8 Å². The van der Waals surface area contributed by atoms with Crippen LogP contribution in [-0.2, 0) is 16.0 Å². The smallest absolute Gasteiger partial charge is 0.248 e. The van der Waals surface area contributed by atoms with Crippen LogP contribution in [0.15, 0.2) is 24.3 Å². The number of rotatable bonds is 5. The summed E-state index contributed by atoms with van der Waals surface area (Å²) in [5.74, 6) is 0.531. The molecule has 0 aliphatic carbocycles. The third-order valence-electron chi connectivity index (χ3n) is 4.18. The SMILES string of the molecule is COCC(=O)N1CC[C@@H](Cc2cccc(-c3cc(C)[nH]n3)n2)C1. The molecule has 3 heterocycles. The fourth-order valence-corrected chi connectivity index (χ4v) is 3.02. The van der Waals surface area contributed by atoms with Crippen LogP contribution >= 0.6 is 0 Å². The zero-order chi connectivity index (χ0) is 16.2. The van der Waals surface area contributed by atoms with E-state index in [-0.39, 0.29) is 12.5 Å². The van der Waals surface area contributed by atoms with E-state index in [0.29, 0.717) is 5.92 Å². The van der Waals surface area contributed by atoms with Crippen molar-refractivity contribution in [2.24, 2.45) is 5.92 Å². The van der Waals surface area contributed by atoms with Gasteiger partial charge in [0.05, 0.1) is 5.69 Å². The quantitative estimate of drug-likeness (QED) is 0.914. The first-order chi connectivity index (χ1) is 11.2. The van der Waals surface area contributed by atoms with Crippen molar-refractivity contribution in [2.45, 2.75) is 19.8 Å². The summed E-state index contributed by atoms with van der Waals surface area (Å²) in [5, 5.41) is 7.20. The molecular weight excluding hydrogens is 292 g/mol. The van der Waals surface area contributed by atoms with Crippen molar-refractivity contribution >= 4 is 5.91 Å². The number of likely N-dealkylation sites (tertiary alicyclic amines) is 1. The van der Waals surface area contributed by atoms with E-state index in [0.717, 1.165) is 48.7 Å². The maximum absolute atomic E-state index is 11.9. The lowest BCUT2D eigenvalue weighted by atomic mass is 10.0. The predicted molar refractivity (Wildman–Crippen MR) is 86.8 cm³/mol. The maximum atomic E-state index is 11.9. The van der Waals surface area contributed by atoms with Gasteiger partial charge in [-0.15, -0.1) is 0 Å². The van der Waals surface area contributed by atoms with Crippen molar-refractivity contribution in [2.75, 3.05) is 26.8 Å². The van der Waals surface area contributed by atoms with Gasteiger partial charge in [0.1, 0.15) is 12.3 Å². The molecule has 6 nitrogen and oxygen atoms in total. The molecule has 0 saturated carbocycles. The van der Waals surface area contributed by atoms with Crippen LogP contribution in [0.2, 0.25) is 0 Å². The fourth-order valence-electron chi connectivity index (χ4n) is 3.02. The van der Waals surface area contributed by atoms with E-state index in [1.165, 1.54) is 0 Å². The first-order valence-electron chi connectivity index (χ1n) is 7.90. The molecule has 1 fully saturated rings. The van der Waals surface area contributed by atoms with Gasteiger partial charge >= 0.3 is 0 Å². The van der Waals surface area contributed by atoms with E-state index in [1.807, 2.05) is 36.1 Å². The Morgan fingerprint density at radius 2 is 2.30 bits per heavy atom. The van der Waals surface area contributed by atoms with E-state index in [4.69, 9.17) is 9.72 Å². The maximum Gasteiger partial charge on any atom is 0.248 e. The monoisotopic (exact) mass is 314 g/mol. The second-order valence-electron chi connectivity index (χ2n) is 6.08. The molecule has 1 amide bonds. The number of ether oxygens (including phenoxy) is 1. The topological polar surface area (TPSA) is 71.1 Å². The summed E-state index contributed by atoms with van der Waals surface area (Å²) >= 11 is 0. The molecule has 0 unspecified atom stereocenters. The molecule has 2 aromatic heterocycles. The molecule has 1 atom stereocenters. The summed E-state index contributed by atoms with van der Waals surface area (Å²) in [6, 6.07) is 8.03. The zero-order valence-corrected chi connectivity index (χ0v) is 13.6. The zero-order valence-electron chi connectivity index (χ0n) is 13.6. The Morgan fingerprint density at radius 3 is 3.04 bits per heavy atom. The fraction of sp³-hybridized carbons (Fsp3) is 0.471.